The molecule has 24 heavy (non-hydrogen) atoms. The van der Waals surface area contributed by atoms with Crippen molar-refractivity contribution in [3.63, 3.8) is 0 Å². The van der Waals surface area contributed by atoms with Gasteiger partial charge < -0.3 is 19.2 Å². The number of hydrogen-bond donors (Lipinski definition) is 1. The molecule has 0 spiro atoms. The second kappa shape index (κ2) is 4.29. The van der Waals surface area contributed by atoms with Gasteiger partial charge in [-0.3, -0.25) is 4.79 Å². The van der Waals surface area contributed by atoms with Gasteiger partial charge in [-0.25, -0.2) is 0 Å². The fourth-order valence-electron chi connectivity index (χ4n) is 4.47. The Kier molecular flexibility index (Phi) is 2.55. The lowest BCUT2D eigenvalue weighted by Gasteiger charge is -2.37. The van der Waals surface area contributed by atoms with Crippen LogP contribution in [0.3, 0.4) is 0 Å². The number of hydrogen-bond acceptors (Lipinski definition) is 4. The molecule has 2 saturated heterocycles. The normalized spacial score (nSPS) is 38.7. The van der Waals surface area contributed by atoms with Crippen molar-refractivity contribution in [2.24, 2.45) is 0 Å². The van der Waals surface area contributed by atoms with Crippen molar-refractivity contribution in [2.45, 2.75) is 50.3 Å². The van der Waals surface area contributed by atoms with E-state index in [1.807, 2.05) is 51.1 Å². The van der Waals surface area contributed by atoms with Crippen molar-refractivity contribution in [3.05, 3.63) is 52.3 Å². The summed E-state index contributed by atoms with van der Waals surface area (Å²) in [4.78, 5) is 16.4. The van der Waals surface area contributed by atoms with Crippen molar-refractivity contribution in [3.8, 4) is 17.0 Å². The van der Waals surface area contributed by atoms with Gasteiger partial charge >= 0.3 is 0 Å². The van der Waals surface area contributed by atoms with Gasteiger partial charge in [0.25, 0.3) is 0 Å². The van der Waals surface area contributed by atoms with Crippen LogP contribution < -0.4 is 10.2 Å². The maximum atomic E-state index is 13.3. The lowest BCUT2D eigenvalue weighted by molar-refractivity contribution is -0.0924. The maximum absolute atomic E-state index is 13.3. The monoisotopic (exact) mass is 325 g/mol. The molecule has 2 fully saturated rings. The lowest BCUT2D eigenvalue weighted by Crippen LogP contribution is -2.57. The highest BCUT2D eigenvalue weighted by atomic mass is 16.8. The Morgan fingerprint density at radius 2 is 1.92 bits per heavy atom. The lowest BCUT2D eigenvalue weighted by atomic mass is 9.72. The fraction of sp³-hybridized carbons (Fsp3) is 0.421. The first-order valence-corrected chi connectivity index (χ1v) is 8.28. The molecule has 3 aliphatic rings. The highest BCUT2D eigenvalue weighted by Crippen LogP contribution is 2.59. The van der Waals surface area contributed by atoms with Crippen molar-refractivity contribution in [2.75, 3.05) is 0 Å². The van der Waals surface area contributed by atoms with Crippen molar-refractivity contribution >= 4 is 0 Å². The zero-order chi connectivity index (χ0) is 16.7. The standard InChI is InChI=1S/C19H19NO4/c1-10-19(3)16-18(2,17(22-10)24-19)13-14(21)12(9-20-15(13)23-16)11-7-5-4-6-8-11/h4-10,16-17H,1-3H3,(H,20,21)/t10-,16+,17-,18-,19-/m0/s1. The summed E-state index contributed by atoms with van der Waals surface area (Å²) in [5, 5.41) is 0. The third-order valence-electron chi connectivity index (χ3n) is 5.96. The van der Waals surface area contributed by atoms with Crippen LogP contribution in [-0.4, -0.2) is 29.1 Å². The van der Waals surface area contributed by atoms with Gasteiger partial charge in [-0.1, -0.05) is 30.3 Å². The molecule has 4 heterocycles. The summed E-state index contributed by atoms with van der Waals surface area (Å²) in [6.45, 7) is 6.00. The van der Waals surface area contributed by atoms with Gasteiger partial charge in [-0.15, -0.1) is 0 Å². The molecule has 0 radical (unpaired) electrons. The van der Waals surface area contributed by atoms with Crippen LogP contribution in [0, 0.1) is 0 Å². The first-order chi connectivity index (χ1) is 11.5. The van der Waals surface area contributed by atoms with E-state index in [1.165, 1.54) is 0 Å². The van der Waals surface area contributed by atoms with Gasteiger partial charge in [0, 0.05) is 11.8 Å². The molecule has 1 N–H and O–H groups in total. The maximum Gasteiger partial charge on any atom is 0.199 e. The molecule has 1 aromatic heterocycles. The molecule has 3 aliphatic heterocycles. The Bertz CT molecular complexity index is 892. The molecule has 0 amide bonds. The van der Waals surface area contributed by atoms with E-state index < -0.39 is 17.3 Å². The Morgan fingerprint density at radius 1 is 1.17 bits per heavy atom. The molecular formula is C19H19NO4. The largest absolute Gasteiger partial charge is 0.471 e. The van der Waals surface area contributed by atoms with Crippen LogP contribution in [-0.2, 0) is 14.9 Å². The molecule has 124 valence electrons. The number of benzene rings is 1. The molecular weight excluding hydrogens is 306 g/mol. The minimum absolute atomic E-state index is 0.0176. The second-order valence-corrected chi connectivity index (χ2v) is 7.29. The van der Waals surface area contributed by atoms with Gasteiger partial charge in [0.05, 0.1) is 17.1 Å². The Balaban J connectivity index is 1.72. The molecule has 0 aliphatic carbocycles. The van der Waals surface area contributed by atoms with Crippen molar-refractivity contribution in [1.82, 2.24) is 4.98 Å². The summed E-state index contributed by atoms with van der Waals surface area (Å²) in [7, 11) is 0. The summed E-state index contributed by atoms with van der Waals surface area (Å²) in [5.74, 6) is 0.546. The molecule has 0 saturated carbocycles. The van der Waals surface area contributed by atoms with E-state index in [9.17, 15) is 4.79 Å². The molecule has 5 nitrogen and oxygen atoms in total. The van der Waals surface area contributed by atoms with Crippen LogP contribution in [0.25, 0.3) is 11.1 Å². The quantitative estimate of drug-likeness (QED) is 0.875. The van der Waals surface area contributed by atoms with Gasteiger partial charge in [0.1, 0.15) is 11.7 Å². The summed E-state index contributed by atoms with van der Waals surface area (Å²) in [6, 6.07) is 9.66. The van der Waals surface area contributed by atoms with Gasteiger partial charge in [-0.05, 0) is 26.3 Å². The molecule has 2 bridgehead atoms. The van der Waals surface area contributed by atoms with Crippen LogP contribution in [0.1, 0.15) is 26.3 Å². The molecule has 5 heteroatoms. The van der Waals surface area contributed by atoms with Crippen LogP contribution in [0.15, 0.2) is 41.3 Å². The average molecular weight is 325 g/mol. The van der Waals surface area contributed by atoms with Crippen LogP contribution in [0.5, 0.6) is 5.88 Å². The Hall–Kier alpha value is -2.11. The van der Waals surface area contributed by atoms with E-state index in [1.54, 1.807) is 6.20 Å². The first-order valence-electron chi connectivity index (χ1n) is 8.28. The minimum Gasteiger partial charge on any atom is -0.471 e. The molecule has 5 rings (SSSR count). The van der Waals surface area contributed by atoms with Crippen LogP contribution in [0.2, 0.25) is 0 Å². The number of pyridine rings is 1. The smallest absolute Gasteiger partial charge is 0.199 e. The van der Waals surface area contributed by atoms with E-state index in [0.29, 0.717) is 17.0 Å². The summed E-state index contributed by atoms with van der Waals surface area (Å²) >= 11 is 0. The Morgan fingerprint density at radius 3 is 2.67 bits per heavy atom. The van der Waals surface area contributed by atoms with Gasteiger partial charge in [0.2, 0.25) is 0 Å². The van der Waals surface area contributed by atoms with E-state index >= 15 is 0 Å². The fourth-order valence-corrected chi connectivity index (χ4v) is 4.47. The average Bonchev–Trinajstić information content (AvgIpc) is 3.12. The number of ether oxygens (including phenoxy) is 3. The third-order valence-corrected chi connectivity index (χ3v) is 5.96. The number of fused-ring (bicyclic) bond motifs is 7. The molecule has 1 aromatic carbocycles. The topological polar surface area (TPSA) is 60.6 Å². The third kappa shape index (κ3) is 1.45. The summed E-state index contributed by atoms with van der Waals surface area (Å²) in [5.41, 5.74) is 0.991. The number of aromatic nitrogens is 1. The van der Waals surface area contributed by atoms with E-state index in [-0.39, 0.29) is 17.6 Å². The predicted molar refractivity (Wildman–Crippen MR) is 88.1 cm³/mol. The number of nitrogens with one attached hydrogen (secondary N) is 1. The van der Waals surface area contributed by atoms with Crippen molar-refractivity contribution < 1.29 is 14.2 Å². The zero-order valence-electron chi connectivity index (χ0n) is 13.8. The SMILES string of the molecule is C[C@@H]1O[C@H]2O[C@]1(C)[C@@H]1Oc3[nH]cc(-c4ccccc4)c(=O)c3[C@]21C. The molecule has 5 atom stereocenters. The first kappa shape index (κ1) is 14.3. The van der Waals surface area contributed by atoms with E-state index in [4.69, 9.17) is 14.2 Å². The van der Waals surface area contributed by atoms with Crippen LogP contribution in [0.4, 0.5) is 0 Å². The highest BCUT2D eigenvalue weighted by Gasteiger charge is 2.73. The molecule has 2 aromatic rings. The summed E-state index contributed by atoms with van der Waals surface area (Å²) < 4.78 is 18.2. The zero-order valence-corrected chi connectivity index (χ0v) is 13.8. The number of aromatic amines is 1. The van der Waals surface area contributed by atoms with E-state index in [0.717, 1.165) is 5.56 Å². The van der Waals surface area contributed by atoms with Gasteiger partial charge in [-0.2, -0.15) is 0 Å². The Labute approximate surface area is 139 Å². The van der Waals surface area contributed by atoms with Crippen molar-refractivity contribution in [1.29, 1.82) is 0 Å². The van der Waals surface area contributed by atoms with Gasteiger partial charge in [0.15, 0.2) is 17.6 Å². The summed E-state index contributed by atoms with van der Waals surface area (Å²) in [6.07, 6.45) is 0.967. The molecule has 0 unspecified atom stereocenters. The minimum atomic E-state index is -0.602. The number of rotatable bonds is 1. The van der Waals surface area contributed by atoms with Crippen LogP contribution >= 0.6 is 0 Å². The van der Waals surface area contributed by atoms with E-state index in [2.05, 4.69) is 4.98 Å². The predicted octanol–water partition coefficient (Wildman–Crippen LogP) is 2.59. The number of H-pyrrole nitrogens is 1. The second-order valence-electron chi connectivity index (χ2n) is 7.29. The highest BCUT2D eigenvalue weighted by molar-refractivity contribution is 5.65.